The summed E-state index contributed by atoms with van der Waals surface area (Å²) in [5.74, 6) is 0. The van der Waals surface area contributed by atoms with Gasteiger partial charge in [-0.1, -0.05) is 23.4 Å². The van der Waals surface area contributed by atoms with Gasteiger partial charge in [-0.05, 0) is 43.9 Å². The number of fused-ring (bicyclic) bond motifs is 1. The number of benzene rings is 1. The van der Waals surface area contributed by atoms with Gasteiger partial charge in [0.05, 0.1) is 11.0 Å². The monoisotopic (exact) mass is 441 g/mol. The van der Waals surface area contributed by atoms with Crippen LogP contribution in [0.3, 0.4) is 0 Å². The third kappa shape index (κ3) is 3.11. The summed E-state index contributed by atoms with van der Waals surface area (Å²) in [4.78, 5) is 17.7. The van der Waals surface area contributed by atoms with Crippen molar-refractivity contribution in [3.05, 3.63) is 60.8 Å². The first kappa shape index (κ1) is 17.1. The van der Waals surface area contributed by atoms with Crippen LogP contribution in [0, 0.1) is 54.5 Å². The summed E-state index contributed by atoms with van der Waals surface area (Å²) in [7, 11) is 1.93. The van der Waals surface area contributed by atoms with Crippen LogP contribution in [-0.4, -0.2) is 24.5 Å². The van der Waals surface area contributed by atoms with Crippen molar-refractivity contribution in [3.63, 3.8) is 0 Å². The molecule has 115 valence electrons. The van der Waals surface area contributed by atoms with Crippen molar-refractivity contribution < 1.29 is 41.3 Å². The van der Waals surface area contributed by atoms with Crippen LogP contribution in [0.5, 0.6) is 0 Å². The van der Waals surface area contributed by atoms with Crippen LogP contribution in [0.2, 0.25) is 0 Å². The molecule has 1 aromatic carbocycles. The number of pyridine rings is 1. The van der Waals surface area contributed by atoms with Crippen LogP contribution >= 0.6 is 0 Å². The number of aromatic nitrogens is 5. The van der Waals surface area contributed by atoms with Crippen LogP contribution < -0.4 is 0 Å². The molecule has 24 heavy (non-hydrogen) atoms. The Labute approximate surface area is 173 Å². The second-order valence-electron chi connectivity index (χ2n) is 5.39. The second kappa shape index (κ2) is 7.03. The van der Waals surface area contributed by atoms with E-state index in [4.69, 9.17) is 0 Å². The molecule has 0 aliphatic carbocycles. The first-order valence-electron chi connectivity index (χ1n) is 7.32. The molecule has 0 N–H and O–H groups in total. The molecular formula is C18H14N5Pr-. The van der Waals surface area contributed by atoms with Crippen molar-refractivity contribution in [2.24, 2.45) is 7.05 Å². The summed E-state index contributed by atoms with van der Waals surface area (Å²) in [6.45, 7) is 1.97. The predicted molar refractivity (Wildman–Crippen MR) is 88.5 cm³/mol. The van der Waals surface area contributed by atoms with Crippen LogP contribution in [0.4, 0.5) is 0 Å². The summed E-state index contributed by atoms with van der Waals surface area (Å²) in [5, 5.41) is 0. The van der Waals surface area contributed by atoms with E-state index < -0.39 is 0 Å². The molecule has 6 heteroatoms. The topological polar surface area (TPSA) is 56.5 Å². The minimum Gasteiger partial charge on any atom is -0.449 e. The van der Waals surface area contributed by atoms with E-state index in [1.54, 1.807) is 12.4 Å². The minimum atomic E-state index is 0. The van der Waals surface area contributed by atoms with Crippen molar-refractivity contribution in [1.82, 2.24) is 24.5 Å². The Balaban J connectivity index is 0.00000169. The number of aryl methyl sites for hydroxylation is 2. The van der Waals surface area contributed by atoms with Crippen LogP contribution in [-0.2, 0) is 7.05 Å². The third-order valence-electron chi connectivity index (χ3n) is 3.75. The number of rotatable bonds is 2. The molecule has 1 radical (unpaired) electrons. The Morgan fingerprint density at radius 1 is 1.00 bits per heavy atom. The molecular weight excluding hydrogens is 427 g/mol. The van der Waals surface area contributed by atoms with Crippen LogP contribution in [0.1, 0.15) is 5.69 Å². The summed E-state index contributed by atoms with van der Waals surface area (Å²) in [6.07, 6.45) is 6.39. The smallest absolute Gasteiger partial charge is 0.0886 e. The van der Waals surface area contributed by atoms with E-state index in [9.17, 15) is 0 Å². The molecule has 4 aromatic rings. The van der Waals surface area contributed by atoms with Gasteiger partial charge in [-0.25, -0.2) is 0 Å². The Morgan fingerprint density at radius 3 is 2.58 bits per heavy atom. The average Bonchev–Trinajstić information content (AvgIpc) is 2.96. The van der Waals surface area contributed by atoms with E-state index in [1.165, 1.54) is 0 Å². The summed E-state index contributed by atoms with van der Waals surface area (Å²) in [5.41, 5.74) is 6.34. The molecule has 0 amide bonds. The Hall–Kier alpha value is -1.72. The van der Waals surface area contributed by atoms with Crippen molar-refractivity contribution >= 4 is 11.0 Å². The summed E-state index contributed by atoms with van der Waals surface area (Å²) < 4.78 is 1.89. The number of hydrogen-bond donors (Lipinski definition) is 0. The van der Waals surface area contributed by atoms with Crippen LogP contribution in [0.25, 0.3) is 33.7 Å². The Bertz CT molecular complexity index is 1010. The maximum atomic E-state index is 4.58. The zero-order valence-corrected chi connectivity index (χ0v) is 17.1. The zero-order chi connectivity index (χ0) is 15.8. The molecule has 0 bridgehead atoms. The molecule has 5 nitrogen and oxygen atoms in total. The number of hydrogen-bond acceptors (Lipinski definition) is 4. The van der Waals surface area contributed by atoms with Gasteiger partial charge in [0, 0.05) is 71.4 Å². The fourth-order valence-electron chi connectivity index (χ4n) is 2.68. The third-order valence-corrected chi connectivity index (χ3v) is 3.75. The molecule has 0 saturated carbocycles. The molecule has 3 heterocycles. The quantitative estimate of drug-likeness (QED) is 0.449. The fourth-order valence-corrected chi connectivity index (χ4v) is 2.68. The largest absolute Gasteiger partial charge is 0.449 e. The van der Waals surface area contributed by atoms with E-state index in [-0.39, 0.29) is 41.3 Å². The molecule has 0 spiro atoms. The van der Waals surface area contributed by atoms with Gasteiger partial charge in [0.25, 0.3) is 0 Å². The molecule has 0 saturated heterocycles. The molecule has 0 aliphatic rings. The molecule has 4 rings (SSSR count). The molecule has 0 atom stereocenters. The van der Waals surface area contributed by atoms with Gasteiger partial charge in [-0.15, -0.1) is 0 Å². The number of imidazole rings is 1. The van der Waals surface area contributed by atoms with Gasteiger partial charge in [-0.3, -0.25) is 15.0 Å². The van der Waals surface area contributed by atoms with Gasteiger partial charge in [0.1, 0.15) is 0 Å². The van der Waals surface area contributed by atoms with E-state index in [0.29, 0.717) is 0 Å². The van der Waals surface area contributed by atoms with Crippen LogP contribution in [0.15, 0.2) is 48.8 Å². The molecule has 0 unspecified atom stereocenters. The van der Waals surface area contributed by atoms with Gasteiger partial charge in [0.2, 0.25) is 0 Å². The van der Waals surface area contributed by atoms with Gasteiger partial charge in [0.15, 0.2) is 0 Å². The van der Waals surface area contributed by atoms with Gasteiger partial charge in [-0.2, -0.15) is 0 Å². The van der Waals surface area contributed by atoms with E-state index in [2.05, 4.69) is 26.3 Å². The first-order valence-corrected chi connectivity index (χ1v) is 7.32. The number of nitrogens with zero attached hydrogens (tertiary/aromatic N) is 5. The van der Waals surface area contributed by atoms with E-state index >= 15 is 0 Å². The molecule has 0 aliphatic heterocycles. The SMILES string of the molecule is Cc1cccc(-c2n[c-]n(C)c2-c2ccc3nccnc3c2)n1.[Pr]. The predicted octanol–water partition coefficient (Wildman–Crippen LogP) is 3.20. The van der Waals surface area contributed by atoms with Crippen molar-refractivity contribution in [3.8, 4) is 22.6 Å². The molecule has 0 fully saturated rings. The second-order valence-corrected chi connectivity index (χ2v) is 5.39. The maximum absolute atomic E-state index is 4.58. The first-order chi connectivity index (χ1) is 11.2. The normalized spacial score (nSPS) is 10.6. The Kier molecular flexibility index (Phi) is 5.02. The fraction of sp³-hybridized carbons (Fsp3) is 0.111. The van der Waals surface area contributed by atoms with Gasteiger partial charge >= 0.3 is 0 Å². The van der Waals surface area contributed by atoms with Crippen molar-refractivity contribution in [2.45, 2.75) is 6.92 Å². The van der Waals surface area contributed by atoms with Crippen molar-refractivity contribution in [1.29, 1.82) is 0 Å². The zero-order valence-electron chi connectivity index (χ0n) is 13.4. The van der Waals surface area contributed by atoms with E-state index in [1.807, 2.05) is 54.9 Å². The van der Waals surface area contributed by atoms with E-state index in [0.717, 1.165) is 39.4 Å². The minimum absolute atomic E-state index is 0. The average molecular weight is 441 g/mol. The van der Waals surface area contributed by atoms with Crippen molar-refractivity contribution in [2.75, 3.05) is 0 Å². The Morgan fingerprint density at radius 2 is 1.79 bits per heavy atom. The molecule has 3 aromatic heterocycles. The summed E-state index contributed by atoms with van der Waals surface area (Å²) in [6, 6.07) is 11.9. The maximum Gasteiger partial charge on any atom is 0.0886 e. The van der Waals surface area contributed by atoms with Gasteiger partial charge < -0.3 is 9.55 Å². The standard InChI is InChI=1S/C18H14N5.Pr/c1-12-4-3-5-15(22-12)17-18(23(2)11-21-17)13-6-7-14-16(10-13)20-9-8-19-14;/h3-10H,1-2H3;/q-1;. The summed E-state index contributed by atoms with van der Waals surface area (Å²) >= 11 is 0.